The lowest BCUT2D eigenvalue weighted by Gasteiger charge is -2.13. The van der Waals surface area contributed by atoms with Crippen molar-refractivity contribution in [1.82, 2.24) is 0 Å². The Morgan fingerprint density at radius 1 is 1.24 bits per heavy atom. The highest BCUT2D eigenvalue weighted by Gasteiger charge is 2.31. The van der Waals surface area contributed by atoms with E-state index in [9.17, 15) is 26.8 Å². The van der Waals surface area contributed by atoms with Gasteiger partial charge in [0.05, 0.1) is 23.7 Å². The number of ether oxygens (including phenoxy) is 1. The van der Waals surface area contributed by atoms with E-state index in [1.165, 1.54) is 6.07 Å². The number of benzene rings is 1. The average molecular weight is 443 g/mol. The molecule has 6 nitrogen and oxygen atoms in total. The highest BCUT2D eigenvalue weighted by Crippen LogP contribution is 2.38. The van der Waals surface area contributed by atoms with Gasteiger partial charge in [-0.05, 0) is 43.0 Å². The Bertz CT molecular complexity index is 1060. The molecule has 10 heteroatoms. The number of nitrogens with one attached hydrogen (secondary N) is 1. The van der Waals surface area contributed by atoms with Gasteiger partial charge in [-0.1, -0.05) is 6.07 Å². The molecule has 0 spiro atoms. The van der Waals surface area contributed by atoms with Gasteiger partial charge in [0.2, 0.25) is 5.91 Å². The number of carbonyl (C=O) groups is 2. The Morgan fingerprint density at radius 3 is 2.69 bits per heavy atom. The molecule has 1 N–H and O–H groups in total. The molecule has 0 radical (unpaired) electrons. The molecule has 2 heterocycles. The number of aryl methyl sites for hydroxylation is 1. The number of amides is 1. The molecule has 0 aliphatic carbocycles. The third-order valence-corrected chi connectivity index (χ3v) is 7.35. The zero-order chi connectivity index (χ0) is 21.2. The molecule has 0 saturated heterocycles. The molecule has 1 aromatic carbocycles. The summed E-state index contributed by atoms with van der Waals surface area (Å²) in [6.45, 7) is 1.80. The number of fused-ring (bicyclic) bond motifs is 1. The van der Waals surface area contributed by atoms with E-state index >= 15 is 0 Å². The molecule has 1 amide bonds. The van der Waals surface area contributed by atoms with Crippen molar-refractivity contribution in [3.05, 3.63) is 51.4 Å². The number of anilines is 1. The Morgan fingerprint density at radius 2 is 2.00 bits per heavy atom. The van der Waals surface area contributed by atoms with Gasteiger partial charge in [0.15, 0.2) is 21.5 Å². The quantitative estimate of drug-likeness (QED) is 0.693. The Hall–Kier alpha value is -2.33. The second-order valence-corrected chi connectivity index (χ2v) is 9.86. The summed E-state index contributed by atoms with van der Waals surface area (Å²) >= 11 is 1.05. The monoisotopic (exact) mass is 443 g/mol. The first-order valence-corrected chi connectivity index (χ1v) is 11.6. The third kappa shape index (κ3) is 4.99. The molecular weight excluding hydrogens is 424 g/mol. The van der Waals surface area contributed by atoms with Gasteiger partial charge in [-0.2, -0.15) is 0 Å². The topological polar surface area (TPSA) is 89.5 Å². The van der Waals surface area contributed by atoms with Crippen LogP contribution in [0.25, 0.3) is 0 Å². The van der Waals surface area contributed by atoms with Crippen molar-refractivity contribution < 1.29 is 31.5 Å². The normalized spacial score (nSPS) is 14.9. The average Bonchev–Trinajstić information content (AvgIpc) is 2.98. The second-order valence-electron chi connectivity index (χ2n) is 6.57. The van der Waals surface area contributed by atoms with E-state index < -0.39 is 33.3 Å². The van der Waals surface area contributed by atoms with Gasteiger partial charge in [0, 0.05) is 11.3 Å². The summed E-state index contributed by atoms with van der Waals surface area (Å²) < 4.78 is 55.2. The summed E-state index contributed by atoms with van der Waals surface area (Å²) in [5.74, 6) is -3.23. The first-order valence-electron chi connectivity index (χ1n) is 8.96. The zero-order valence-electron chi connectivity index (χ0n) is 15.6. The minimum atomic E-state index is -3.24. The van der Waals surface area contributed by atoms with E-state index in [1.807, 2.05) is 0 Å². The SMILES string of the molecule is CCOC(=O)c1c(NC(=O)CCc2ccc(F)c(F)c2)sc2c1CCS(=O)(=O)C2. The Balaban J connectivity index is 1.78. The molecule has 3 rings (SSSR count). The Labute approximate surface area is 170 Å². The van der Waals surface area contributed by atoms with Crippen LogP contribution in [0.4, 0.5) is 13.8 Å². The molecule has 29 heavy (non-hydrogen) atoms. The minimum absolute atomic E-state index is 0.0196. The van der Waals surface area contributed by atoms with Crippen LogP contribution in [-0.4, -0.2) is 32.7 Å². The van der Waals surface area contributed by atoms with Gasteiger partial charge in [-0.15, -0.1) is 11.3 Å². The number of thiophene rings is 1. The van der Waals surface area contributed by atoms with Crippen LogP contribution in [-0.2, 0) is 38.0 Å². The van der Waals surface area contributed by atoms with Crippen LogP contribution in [0.5, 0.6) is 0 Å². The lowest BCUT2D eigenvalue weighted by Crippen LogP contribution is -2.20. The molecule has 0 fully saturated rings. The zero-order valence-corrected chi connectivity index (χ0v) is 17.2. The van der Waals surface area contributed by atoms with E-state index in [1.54, 1.807) is 6.92 Å². The number of sulfone groups is 1. The van der Waals surface area contributed by atoms with E-state index in [-0.39, 0.29) is 47.9 Å². The summed E-state index contributed by atoms with van der Waals surface area (Å²) in [6, 6.07) is 3.42. The standard InChI is InChI=1S/C19H19F2NO5S2/c1-2-27-19(24)17-12-7-8-29(25,26)10-15(12)28-18(17)22-16(23)6-4-11-3-5-13(20)14(21)9-11/h3,5,9H,2,4,6-8,10H2,1H3,(H,22,23). The molecule has 1 aromatic heterocycles. The molecular formula is C19H19F2NO5S2. The van der Waals surface area contributed by atoms with Crippen LogP contribution in [0.2, 0.25) is 0 Å². The maximum absolute atomic E-state index is 13.3. The summed E-state index contributed by atoms with van der Waals surface area (Å²) in [4.78, 5) is 25.3. The number of hydrogen-bond acceptors (Lipinski definition) is 6. The fourth-order valence-electron chi connectivity index (χ4n) is 3.07. The molecule has 0 atom stereocenters. The number of hydrogen-bond donors (Lipinski definition) is 1. The van der Waals surface area contributed by atoms with Gasteiger partial charge < -0.3 is 10.1 Å². The molecule has 1 aliphatic rings. The van der Waals surface area contributed by atoms with Crippen molar-refractivity contribution in [3.63, 3.8) is 0 Å². The summed E-state index contributed by atoms with van der Waals surface area (Å²) in [6.07, 6.45) is 0.346. The number of rotatable bonds is 6. The van der Waals surface area contributed by atoms with Crippen LogP contribution in [0.15, 0.2) is 18.2 Å². The fourth-order valence-corrected chi connectivity index (χ4v) is 6.13. The lowest BCUT2D eigenvalue weighted by atomic mass is 10.1. The first-order chi connectivity index (χ1) is 13.7. The van der Waals surface area contributed by atoms with Crippen LogP contribution < -0.4 is 5.32 Å². The molecule has 0 bridgehead atoms. The predicted octanol–water partition coefficient (Wildman–Crippen LogP) is 3.25. The molecule has 156 valence electrons. The highest BCUT2D eigenvalue weighted by molar-refractivity contribution is 7.90. The first kappa shape index (κ1) is 21.4. The van der Waals surface area contributed by atoms with Gasteiger partial charge in [0.25, 0.3) is 0 Å². The van der Waals surface area contributed by atoms with Crippen molar-refractivity contribution >= 4 is 38.1 Å². The van der Waals surface area contributed by atoms with E-state index in [0.717, 1.165) is 23.5 Å². The summed E-state index contributed by atoms with van der Waals surface area (Å²) in [5.41, 5.74) is 1.25. The van der Waals surface area contributed by atoms with Crippen molar-refractivity contribution in [1.29, 1.82) is 0 Å². The van der Waals surface area contributed by atoms with Gasteiger partial charge >= 0.3 is 5.97 Å². The smallest absolute Gasteiger partial charge is 0.341 e. The highest BCUT2D eigenvalue weighted by atomic mass is 32.2. The van der Waals surface area contributed by atoms with Crippen LogP contribution in [0.1, 0.15) is 39.7 Å². The predicted molar refractivity (Wildman–Crippen MR) is 105 cm³/mol. The van der Waals surface area contributed by atoms with Gasteiger partial charge in [-0.25, -0.2) is 22.0 Å². The third-order valence-electron chi connectivity index (χ3n) is 4.46. The lowest BCUT2D eigenvalue weighted by molar-refractivity contribution is -0.116. The van der Waals surface area contributed by atoms with Gasteiger partial charge in [0.1, 0.15) is 5.00 Å². The fraction of sp³-hybridized carbons (Fsp3) is 0.368. The largest absolute Gasteiger partial charge is 0.462 e. The van der Waals surface area contributed by atoms with Crippen LogP contribution in [0, 0.1) is 11.6 Å². The number of esters is 1. The summed E-state index contributed by atoms with van der Waals surface area (Å²) in [5, 5.41) is 2.90. The molecule has 1 aliphatic heterocycles. The van der Waals surface area contributed by atoms with Crippen molar-refractivity contribution in [2.75, 3.05) is 17.7 Å². The van der Waals surface area contributed by atoms with Gasteiger partial charge in [-0.3, -0.25) is 4.79 Å². The molecule has 0 saturated carbocycles. The maximum Gasteiger partial charge on any atom is 0.341 e. The van der Waals surface area contributed by atoms with Crippen molar-refractivity contribution in [3.8, 4) is 0 Å². The number of carbonyl (C=O) groups excluding carboxylic acids is 2. The van der Waals surface area contributed by atoms with Crippen molar-refractivity contribution in [2.45, 2.75) is 31.9 Å². The minimum Gasteiger partial charge on any atom is -0.462 e. The Kier molecular flexibility index (Phi) is 6.33. The molecule has 0 unspecified atom stereocenters. The van der Waals surface area contributed by atoms with Crippen LogP contribution >= 0.6 is 11.3 Å². The maximum atomic E-state index is 13.3. The number of halogens is 2. The van der Waals surface area contributed by atoms with Crippen LogP contribution in [0.3, 0.4) is 0 Å². The van der Waals surface area contributed by atoms with E-state index in [0.29, 0.717) is 16.0 Å². The van der Waals surface area contributed by atoms with E-state index in [4.69, 9.17) is 4.74 Å². The van der Waals surface area contributed by atoms with Crippen molar-refractivity contribution in [2.24, 2.45) is 0 Å². The van der Waals surface area contributed by atoms with E-state index in [2.05, 4.69) is 5.32 Å². The second kappa shape index (κ2) is 8.58. The molecule has 2 aromatic rings. The summed E-state index contributed by atoms with van der Waals surface area (Å²) in [7, 11) is -3.24.